The molecule has 5 nitrogen and oxygen atoms in total. The van der Waals surface area contributed by atoms with E-state index in [-0.39, 0.29) is 5.91 Å². The zero-order valence-electron chi connectivity index (χ0n) is 16.9. The van der Waals surface area contributed by atoms with E-state index < -0.39 is 0 Å². The zero-order valence-corrected chi connectivity index (χ0v) is 18.6. The van der Waals surface area contributed by atoms with E-state index in [0.717, 1.165) is 34.8 Å². The number of carbonyl (C=O) groups is 1. The van der Waals surface area contributed by atoms with Crippen LogP contribution in [0.1, 0.15) is 51.6 Å². The highest BCUT2D eigenvalue weighted by Crippen LogP contribution is 2.40. The van der Waals surface area contributed by atoms with Crippen LogP contribution in [0.5, 0.6) is 0 Å². The van der Waals surface area contributed by atoms with Gasteiger partial charge in [0.1, 0.15) is 16.1 Å². The molecule has 0 atom stereocenters. The second-order valence-electron chi connectivity index (χ2n) is 7.38. The fourth-order valence-electron chi connectivity index (χ4n) is 3.21. The number of carbonyl (C=O) groups excluding carboxylic acids is 1. The van der Waals surface area contributed by atoms with E-state index in [1.54, 1.807) is 17.4 Å². The highest BCUT2D eigenvalue weighted by atomic mass is 32.2. The summed E-state index contributed by atoms with van der Waals surface area (Å²) in [7, 11) is 0. The number of nitrogens with zero attached hydrogens (tertiary/aromatic N) is 3. The van der Waals surface area contributed by atoms with E-state index in [1.165, 1.54) is 17.3 Å². The number of hydrogen-bond donors (Lipinski definition) is 1. The minimum absolute atomic E-state index is 0.222. The molecule has 7 heteroatoms. The number of aromatic nitrogens is 2. The molecule has 0 spiro atoms. The van der Waals surface area contributed by atoms with Crippen molar-refractivity contribution in [1.82, 2.24) is 15.3 Å². The Kier molecular flexibility index (Phi) is 6.16. The summed E-state index contributed by atoms with van der Waals surface area (Å²) in [6.07, 6.45) is 4.73. The third-order valence-corrected chi connectivity index (χ3v) is 6.69. The molecule has 2 heterocycles. The summed E-state index contributed by atoms with van der Waals surface area (Å²) in [4.78, 5) is 22.1. The molecule has 0 unspecified atom stereocenters. The smallest absolute Gasteiger partial charge is 0.252 e. The van der Waals surface area contributed by atoms with E-state index in [2.05, 4.69) is 52.5 Å². The van der Waals surface area contributed by atoms with E-state index >= 15 is 0 Å². The molecule has 0 aliphatic heterocycles. The Bertz CT molecular complexity index is 1110. The lowest BCUT2D eigenvalue weighted by molar-refractivity contribution is 0.0953. The van der Waals surface area contributed by atoms with Crippen LogP contribution in [0.2, 0.25) is 0 Å². The van der Waals surface area contributed by atoms with Crippen molar-refractivity contribution in [3.05, 3.63) is 63.8 Å². The number of aryl methyl sites for hydroxylation is 1. The monoisotopic (exact) mass is 434 g/mol. The van der Waals surface area contributed by atoms with Gasteiger partial charge >= 0.3 is 0 Å². The van der Waals surface area contributed by atoms with E-state index in [0.29, 0.717) is 35.0 Å². The normalized spacial score (nSPS) is 13.1. The van der Waals surface area contributed by atoms with Gasteiger partial charge in [-0.25, -0.2) is 9.97 Å². The third-order valence-electron chi connectivity index (χ3n) is 5.07. The van der Waals surface area contributed by atoms with Crippen LogP contribution >= 0.6 is 23.1 Å². The number of amides is 1. The fraction of sp³-hybridized carbons (Fsp3) is 0.304. The van der Waals surface area contributed by atoms with Crippen molar-refractivity contribution in [2.24, 2.45) is 0 Å². The Morgan fingerprint density at radius 2 is 2.07 bits per heavy atom. The Hall–Kier alpha value is -2.69. The van der Waals surface area contributed by atoms with Gasteiger partial charge in [-0.3, -0.25) is 4.79 Å². The summed E-state index contributed by atoms with van der Waals surface area (Å²) >= 11 is 3.02. The molecule has 0 radical (unpaired) electrons. The summed E-state index contributed by atoms with van der Waals surface area (Å²) < 4.78 is 0. The van der Waals surface area contributed by atoms with E-state index in [4.69, 9.17) is 0 Å². The van der Waals surface area contributed by atoms with Crippen molar-refractivity contribution in [3.63, 3.8) is 0 Å². The maximum absolute atomic E-state index is 12.8. The molecule has 1 amide bonds. The van der Waals surface area contributed by atoms with Gasteiger partial charge in [0.05, 0.1) is 16.8 Å². The first-order valence-electron chi connectivity index (χ1n) is 9.87. The van der Waals surface area contributed by atoms with Crippen molar-refractivity contribution in [2.45, 2.75) is 37.1 Å². The number of thioether (sulfide) groups is 1. The first kappa shape index (κ1) is 20.6. The Morgan fingerprint density at radius 1 is 1.30 bits per heavy atom. The number of thiazole rings is 1. The third kappa shape index (κ3) is 4.55. The summed E-state index contributed by atoms with van der Waals surface area (Å²) in [5.41, 5.74) is 4.99. The average Bonchev–Trinajstić information content (AvgIpc) is 3.51. The molecule has 3 aromatic rings. The molecule has 152 valence electrons. The summed E-state index contributed by atoms with van der Waals surface area (Å²) in [5, 5.41) is 16.2. The van der Waals surface area contributed by atoms with Crippen LogP contribution in [0.15, 0.2) is 40.7 Å². The second-order valence-corrected chi connectivity index (χ2v) is 9.03. The Labute approximate surface area is 184 Å². The van der Waals surface area contributed by atoms with Crippen LogP contribution in [-0.2, 0) is 6.42 Å². The lowest BCUT2D eigenvalue weighted by Crippen LogP contribution is -2.27. The summed E-state index contributed by atoms with van der Waals surface area (Å²) in [5.74, 6) is 0.200. The quantitative estimate of drug-likeness (QED) is 0.532. The lowest BCUT2D eigenvalue weighted by atomic mass is 10.1. The molecule has 1 aliphatic carbocycles. The van der Waals surface area contributed by atoms with Crippen molar-refractivity contribution in [1.29, 1.82) is 5.26 Å². The zero-order chi connectivity index (χ0) is 21.1. The van der Waals surface area contributed by atoms with Gasteiger partial charge < -0.3 is 5.32 Å². The molecule has 2 aromatic heterocycles. The van der Waals surface area contributed by atoms with Crippen molar-refractivity contribution in [3.8, 4) is 16.6 Å². The second kappa shape index (κ2) is 8.99. The minimum Gasteiger partial charge on any atom is -0.352 e. The largest absolute Gasteiger partial charge is 0.352 e. The van der Waals surface area contributed by atoms with Crippen molar-refractivity contribution >= 4 is 29.0 Å². The minimum atomic E-state index is -0.222. The number of pyridine rings is 1. The Morgan fingerprint density at radius 3 is 2.73 bits per heavy atom. The molecule has 0 saturated heterocycles. The van der Waals surface area contributed by atoms with Gasteiger partial charge in [-0.1, -0.05) is 29.8 Å². The predicted molar refractivity (Wildman–Crippen MR) is 121 cm³/mol. The van der Waals surface area contributed by atoms with Gasteiger partial charge in [0.15, 0.2) is 0 Å². The fourth-order valence-corrected chi connectivity index (χ4v) is 4.63. The highest BCUT2D eigenvalue weighted by Gasteiger charge is 2.28. The molecular formula is C23H22N4OS2. The number of hydrogen-bond acceptors (Lipinski definition) is 6. The average molecular weight is 435 g/mol. The molecular weight excluding hydrogens is 412 g/mol. The number of nitriles is 1. The molecule has 4 rings (SSSR count). The topological polar surface area (TPSA) is 78.7 Å². The van der Waals surface area contributed by atoms with Crippen molar-refractivity contribution < 1.29 is 4.79 Å². The predicted octanol–water partition coefficient (Wildman–Crippen LogP) is 4.96. The first-order chi connectivity index (χ1) is 14.6. The van der Waals surface area contributed by atoms with Crippen LogP contribution in [0.4, 0.5) is 0 Å². The van der Waals surface area contributed by atoms with E-state index in [9.17, 15) is 10.1 Å². The number of benzene rings is 1. The molecule has 30 heavy (non-hydrogen) atoms. The van der Waals surface area contributed by atoms with Gasteiger partial charge in [-0.2, -0.15) is 5.26 Å². The van der Waals surface area contributed by atoms with Gasteiger partial charge in [0, 0.05) is 35.5 Å². The Balaban J connectivity index is 1.42. The van der Waals surface area contributed by atoms with Crippen LogP contribution in [0, 0.1) is 18.3 Å². The van der Waals surface area contributed by atoms with E-state index in [1.807, 2.05) is 11.6 Å². The molecule has 1 aromatic carbocycles. The maximum atomic E-state index is 12.8. The van der Waals surface area contributed by atoms with Gasteiger partial charge in [-0.15, -0.1) is 23.1 Å². The molecule has 1 saturated carbocycles. The maximum Gasteiger partial charge on any atom is 0.252 e. The SMILES string of the molecule is CSc1nc(C2CC2)cc(C(=O)NCCc2csc(-c3ccc(C)cc3)n2)c1C#N. The number of rotatable bonds is 7. The van der Waals surface area contributed by atoms with Gasteiger partial charge in [0.2, 0.25) is 0 Å². The van der Waals surface area contributed by atoms with Gasteiger partial charge in [0.25, 0.3) is 5.91 Å². The highest BCUT2D eigenvalue weighted by molar-refractivity contribution is 7.98. The van der Waals surface area contributed by atoms with Crippen LogP contribution in [-0.4, -0.2) is 28.7 Å². The standard InChI is InChI=1S/C23H22N4OS2/c1-14-3-5-16(6-4-14)22-26-17(13-30-22)9-10-25-21(28)18-11-20(15-7-8-15)27-23(29-2)19(18)12-24/h3-6,11,13,15H,7-10H2,1-2H3,(H,25,28). The molecule has 1 fully saturated rings. The van der Waals surface area contributed by atoms with Crippen LogP contribution in [0.25, 0.3) is 10.6 Å². The van der Waals surface area contributed by atoms with Crippen LogP contribution < -0.4 is 5.32 Å². The first-order valence-corrected chi connectivity index (χ1v) is 12.0. The van der Waals surface area contributed by atoms with Crippen molar-refractivity contribution in [2.75, 3.05) is 12.8 Å². The summed E-state index contributed by atoms with van der Waals surface area (Å²) in [6, 6.07) is 12.3. The molecule has 1 N–H and O–H groups in total. The van der Waals surface area contributed by atoms with Crippen LogP contribution in [0.3, 0.4) is 0 Å². The molecule has 1 aliphatic rings. The summed E-state index contributed by atoms with van der Waals surface area (Å²) in [6.45, 7) is 2.53. The van der Waals surface area contributed by atoms with Gasteiger partial charge in [-0.05, 0) is 32.1 Å². The lowest BCUT2D eigenvalue weighted by Gasteiger charge is -2.10. The molecule has 0 bridgehead atoms. The number of nitrogens with one attached hydrogen (secondary N) is 1.